The van der Waals surface area contributed by atoms with Gasteiger partial charge in [-0.2, -0.15) is 0 Å². The van der Waals surface area contributed by atoms with E-state index in [-0.39, 0.29) is 23.0 Å². The summed E-state index contributed by atoms with van der Waals surface area (Å²) in [6.45, 7) is 6.00. The smallest absolute Gasteiger partial charge is 0.220 e. The first-order chi connectivity index (χ1) is 8.77. The van der Waals surface area contributed by atoms with Gasteiger partial charge in [0.05, 0.1) is 0 Å². The van der Waals surface area contributed by atoms with Gasteiger partial charge in [0.25, 0.3) is 0 Å². The van der Waals surface area contributed by atoms with E-state index in [1.54, 1.807) is 36.4 Å². The highest BCUT2D eigenvalue weighted by Crippen LogP contribution is 2.28. The van der Waals surface area contributed by atoms with Gasteiger partial charge >= 0.3 is 0 Å². The van der Waals surface area contributed by atoms with Crippen LogP contribution in [0.25, 0.3) is 0 Å². The van der Waals surface area contributed by atoms with Gasteiger partial charge in [0.1, 0.15) is 0 Å². The molecule has 0 radical (unpaired) electrons. The molecule has 4 nitrogen and oxygen atoms in total. The number of para-hydroxylation sites is 4. The zero-order chi connectivity index (χ0) is 13.4. The van der Waals surface area contributed by atoms with E-state index in [9.17, 15) is 10.2 Å². The summed E-state index contributed by atoms with van der Waals surface area (Å²) in [5.41, 5.74) is 0. The molecular weight excluding hydrogens is 232 g/mol. The maximum Gasteiger partial charge on any atom is 0.220 e. The Morgan fingerprint density at radius 2 is 1.00 bits per heavy atom. The quantitative estimate of drug-likeness (QED) is 0.495. The van der Waals surface area contributed by atoms with E-state index in [2.05, 4.69) is 13.2 Å². The van der Waals surface area contributed by atoms with Gasteiger partial charge in [-0.05, 0) is 24.3 Å². The van der Waals surface area contributed by atoms with Gasteiger partial charge in [0.15, 0.2) is 11.5 Å². The highest BCUT2D eigenvalue weighted by Gasteiger charge is 2.05. The molecule has 2 N–H and O–H groups in total. The van der Waals surface area contributed by atoms with Crippen LogP contribution < -0.4 is 9.78 Å². The number of hydrogen-bond donors (Lipinski definition) is 2. The minimum atomic E-state index is -0.0297. The van der Waals surface area contributed by atoms with Gasteiger partial charge in [0, 0.05) is 0 Å². The highest BCUT2D eigenvalue weighted by atomic mass is 17.2. The molecule has 0 aliphatic carbocycles. The van der Waals surface area contributed by atoms with Crippen molar-refractivity contribution >= 4 is 0 Å². The van der Waals surface area contributed by atoms with Gasteiger partial charge in [-0.15, -0.1) is 13.2 Å². The van der Waals surface area contributed by atoms with Crippen LogP contribution in [0.1, 0.15) is 0 Å². The van der Waals surface area contributed by atoms with Crippen molar-refractivity contribution in [1.29, 1.82) is 0 Å². The molecule has 0 saturated carbocycles. The molecule has 94 valence electrons. The Labute approximate surface area is 105 Å². The molecule has 0 atom stereocenters. The molecule has 2 aromatic rings. The summed E-state index contributed by atoms with van der Waals surface area (Å²) in [5, 5.41) is 18.8. The van der Waals surface area contributed by atoms with Crippen LogP contribution in [0.3, 0.4) is 0 Å². The topological polar surface area (TPSA) is 58.9 Å². The molecule has 0 bridgehead atoms. The van der Waals surface area contributed by atoms with E-state index >= 15 is 0 Å². The van der Waals surface area contributed by atoms with Crippen molar-refractivity contribution in [3.05, 3.63) is 61.7 Å². The van der Waals surface area contributed by atoms with Crippen molar-refractivity contribution < 1.29 is 20.0 Å². The van der Waals surface area contributed by atoms with Gasteiger partial charge in [-0.1, -0.05) is 24.3 Å². The second-order valence-electron chi connectivity index (χ2n) is 3.10. The number of aromatic hydroxyl groups is 2. The number of hydrogen-bond acceptors (Lipinski definition) is 4. The fraction of sp³-hybridized carbons (Fsp3) is 0. The van der Waals surface area contributed by atoms with Crippen molar-refractivity contribution in [1.82, 2.24) is 0 Å². The van der Waals surface area contributed by atoms with Crippen LogP contribution in [-0.2, 0) is 0 Å². The second-order valence-corrected chi connectivity index (χ2v) is 3.10. The fourth-order valence-corrected chi connectivity index (χ4v) is 1.15. The van der Waals surface area contributed by atoms with Crippen LogP contribution >= 0.6 is 0 Å². The predicted molar refractivity (Wildman–Crippen MR) is 68.7 cm³/mol. The summed E-state index contributed by atoms with van der Waals surface area (Å²) in [6, 6.07) is 12.8. The summed E-state index contributed by atoms with van der Waals surface area (Å²) >= 11 is 0. The van der Waals surface area contributed by atoms with Crippen LogP contribution in [0.15, 0.2) is 61.7 Å². The lowest BCUT2D eigenvalue weighted by Crippen LogP contribution is -2.00. The molecule has 0 aromatic heterocycles. The molecular formula is C14H14O4. The minimum absolute atomic E-state index is 0.0297. The number of phenolic OH excluding ortho intramolecular Hbond substituents is 2. The molecule has 0 saturated heterocycles. The number of benzene rings is 2. The van der Waals surface area contributed by atoms with Crippen molar-refractivity contribution in [2.45, 2.75) is 0 Å². The Kier molecular flexibility index (Phi) is 5.12. The van der Waals surface area contributed by atoms with Crippen LogP contribution in [0.5, 0.6) is 23.0 Å². The molecule has 2 aromatic carbocycles. The Balaban J connectivity index is 0.000000771. The summed E-state index contributed by atoms with van der Waals surface area (Å²) in [6.07, 6.45) is 0. The summed E-state index contributed by atoms with van der Waals surface area (Å²) in [5.74, 6) is 0.312. The Morgan fingerprint density at radius 3 is 1.33 bits per heavy atom. The average Bonchev–Trinajstić information content (AvgIpc) is 2.42. The summed E-state index contributed by atoms with van der Waals surface area (Å²) < 4.78 is 0. The normalized spacial score (nSPS) is 8.89. The Hall–Kier alpha value is -2.62. The lowest BCUT2D eigenvalue weighted by Gasteiger charge is -2.07. The zero-order valence-corrected chi connectivity index (χ0v) is 9.74. The van der Waals surface area contributed by atoms with Crippen LogP contribution in [-0.4, -0.2) is 10.2 Å². The first-order valence-corrected chi connectivity index (χ1v) is 5.18. The average molecular weight is 246 g/mol. The number of phenols is 2. The van der Waals surface area contributed by atoms with Crippen LogP contribution in [0, 0.1) is 0 Å². The first-order valence-electron chi connectivity index (χ1n) is 5.18. The predicted octanol–water partition coefficient (Wildman–Crippen LogP) is 3.27. The summed E-state index contributed by atoms with van der Waals surface area (Å²) in [7, 11) is 0. The largest absolute Gasteiger partial charge is 0.504 e. The summed E-state index contributed by atoms with van der Waals surface area (Å²) in [4.78, 5) is 9.79. The molecule has 18 heavy (non-hydrogen) atoms. The standard InChI is InChI=1S/C12H10O4.C2H4/c13-9-5-1-3-7-11(9)15-16-12-8-4-2-6-10(12)14;1-2/h1-8,13-14H;1-2H2. The van der Waals surface area contributed by atoms with E-state index in [0.717, 1.165) is 0 Å². The number of rotatable bonds is 3. The molecule has 0 aliphatic rings. The Morgan fingerprint density at radius 1 is 0.667 bits per heavy atom. The highest BCUT2D eigenvalue weighted by molar-refractivity contribution is 5.39. The third-order valence-electron chi connectivity index (χ3n) is 1.95. The zero-order valence-electron chi connectivity index (χ0n) is 9.74. The lowest BCUT2D eigenvalue weighted by molar-refractivity contribution is -0.103. The van der Waals surface area contributed by atoms with Gasteiger partial charge in [-0.3, -0.25) is 9.78 Å². The molecule has 0 spiro atoms. The van der Waals surface area contributed by atoms with E-state index < -0.39 is 0 Å². The second kappa shape index (κ2) is 6.85. The maximum atomic E-state index is 9.39. The van der Waals surface area contributed by atoms with E-state index in [1.165, 1.54) is 12.1 Å². The van der Waals surface area contributed by atoms with E-state index in [0.29, 0.717) is 0 Å². The lowest BCUT2D eigenvalue weighted by atomic mass is 10.3. The molecule has 0 aliphatic heterocycles. The monoisotopic (exact) mass is 246 g/mol. The van der Waals surface area contributed by atoms with Crippen molar-refractivity contribution in [2.75, 3.05) is 0 Å². The first kappa shape index (κ1) is 13.4. The third-order valence-corrected chi connectivity index (χ3v) is 1.95. The van der Waals surface area contributed by atoms with Crippen LogP contribution in [0.2, 0.25) is 0 Å². The van der Waals surface area contributed by atoms with E-state index in [4.69, 9.17) is 9.78 Å². The Bertz CT molecular complexity index is 451. The molecule has 0 unspecified atom stereocenters. The van der Waals surface area contributed by atoms with E-state index in [1.807, 2.05) is 0 Å². The van der Waals surface area contributed by atoms with Crippen molar-refractivity contribution in [3.8, 4) is 23.0 Å². The molecule has 2 rings (SSSR count). The van der Waals surface area contributed by atoms with Gasteiger partial charge < -0.3 is 10.2 Å². The van der Waals surface area contributed by atoms with Crippen molar-refractivity contribution in [2.24, 2.45) is 0 Å². The van der Waals surface area contributed by atoms with Gasteiger partial charge in [-0.25, -0.2) is 0 Å². The van der Waals surface area contributed by atoms with Crippen LogP contribution in [0.4, 0.5) is 0 Å². The molecule has 0 amide bonds. The van der Waals surface area contributed by atoms with Crippen molar-refractivity contribution in [3.63, 3.8) is 0 Å². The molecule has 0 fully saturated rings. The molecule has 4 heteroatoms. The fourth-order valence-electron chi connectivity index (χ4n) is 1.15. The molecule has 0 heterocycles. The third kappa shape index (κ3) is 3.45. The minimum Gasteiger partial charge on any atom is -0.504 e. The van der Waals surface area contributed by atoms with Gasteiger partial charge in [0.2, 0.25) is 11.5 Å². The SMILES string of the molecule is C=C.Oc1ccccc1OOc1ccccc1O. The maximum absolute atomic E-state index is 9.39.